The Hall–Kier alpha value is -2.09. The van der Waals surface area contributed by atoms with Crippen LogP contribution in [0.25, 0.3) is 11.1 Å². The topological polar surface area (TPSA) is 105 Å². The first kappa shape index (κ1) is 17.7. The molecule has 0 unspecified atom stereocenters. The molecule has 0 fully saturated rings. The van der Waals surface area contributed by atoms with E-state index < -0.39 is 9.84 Å². The second-order valence-electron chi connectivity index (χ2n) is 5.80. The highest BCUT2D eigenvalue weighted by Gasteiger charge is 2.33. The van der Waals surface area contributed by atoms with Gasteiger partial charge in [0, 0.05) is 11.1 Å². The Kier molecular flexibility index (Phi) is 5.27. The van der Waals surface area contributed by atoms with Crippen LogP contribution in [0.3, 0.4) is 0 Å². The summed E-state index contributed by atoms with van der Waals surface area (Å²) in [5, 5.41) is 0. The fourth-order valence-electron chi connectivity index (χ4n) is 2.75. The van der Waals surface area contributed by atoms with Crippen molar-refractivity contribution in [1.29, 1.82) is 0 Å². The van der Waals surface area contributed by atoms with Crippen LogP contribution in [0, 0.1) is 0 Å². The Morgan fingerprint density at radius 3 is 1.60 bits per heavy atom. The van der Waals surface area contributed by atoms with Crippen molar-refractivity contribution in [2.45, 2.75) is 22.6 Å². The molecule has 0 saturated carbocycles. The number of fused-ring (bicyclic) bond motifs is 3. The lowest BCUT2D eigenvalue weighted by Gasteiger charge is -2.08. The van der Waals surface area contributed by atoms with Crippen LogP contribution >= 0.6 is 0 Å². The minimum absolute atomic E-state index is 0.299. The van der Waals surface area contributed by atoms with Crippen molar-refractivity contribution >= 4 is 9.84 Å². The Labute approximate surface area is 147 Å². The molecule has 1 aliphatic rings. The van der Waals surface area contributed by atoms with E-state index in [2.05, 4.69) is 0 Å². The van der Waals surface area contributed by atoms with Crippen LogP contribution in [0.15, 0.2) is 46.2 Å². The molecule has 7 heteroatoms. The lowest BCUT2D eigenvalue weighted by Crippen LogP contribution is -2.06. The largest absolute Gasteiger partial charge is 0.494 e. The first-order valence-corrected chi connectivity index (χ1v) is 9.75. The first-order chi connectivity index (χ1) is 12.1. The summed E-state index contributed by atoms with van der Waals surface area (Å²) in [6.45, 7) is 2.09. The molecule has 6 nitrogen and oxygen atoms in total. The van der Waals surface area contributed by atoms with Crippen molar-refractivity contribution in [1.82, 2.24) is 0 Å². The molecule has 0 saturated heterocycles. The SMILES string of the molecule is NCCCOc1ccc2c(c1)-c1cc(OCCCN)ccc1S2(=O)=O. The zero-order valence-corrected chi connectivity index (χ0v) is 14.7. The normalized spacial score (nSPS) is 14.0. The van der Waals surface area contributed by atoms with Crippen molar-refractivity contribution in [2.24, 2.45) is 11.5 Å². The third-order valence-electron chi connectivity index (χ3n) is 4.01. The summed E-state index contributed by atoms with van der Waals surface area (Å²) in [7, 11) is -3.50. The van der Waals surface area contributed by atoms with Crippen molar-refractivity contribution in [3.63, 3.8) is 0 Å². The van der Waals surface area contributed by atoms with Gasteiger partial charge in [0.1, 0.15) is 11.5 Å². The van der Waals surface area contributed by atoms with E-state index in [0.717, 1.165) is 12.8 Å². The van der Waals surface area contributed by atoms with Gasteiger partial charge in [-0.3, -0.25) is 0 Å². The molecule has 0 aromatic heterocycles. The average molecular weight is 362 g/mol. The number of rotatable bonds is 8. The highest BCUT2D eigenvalue weighted by molar-refractivity contribution is 7.92. The van der Waals surface area contributed by atoms with Crippen LogP contribution in [0.2, 0.25) is 0 Å². The second kappa shape index (κ2) is 7.43. The molecule has 4 N–H and O–H groups in total. The first-order valence-electron chi connectivity index (χ1n) is 8.27. The Bertz CT molecular complexity index is 800. The lowest BCUT2D eigenvalue weighted by molar-refractivity contribution is 0.313. The van der Waals surface area contributed by atoms with Gasteiger partial charge in [0.05, 0.1) is 23.0 Å². The van der Waals surface area contributed by atoms with Gasteiger partial charge >= 0.3 is 0 Å². The number of hydrogen-bond acceptors (Lipinski definition) is 6. The molecule has 2 aromatic rings. The maximum Gasteiger partial charge on any atom is 0.207 e. The summed E-state index contributed by atoms with van der Waals surface area (Å²) in [5.41, 5.74) is 12.2. The fraction of sp³-hybridized carbons (Fsp3) is 0.333. The highest BCUT2D eigenvalue weighted by atomic mass is 32.2. The Morgan fingerprint density at radius 2 is 1.20 bits per heavy atom. The zero-order chi connectivity index (χ0) is 17.9. The van der Waals surface area contributed by atoms with E-state index >= 15 is 0 Å². The van der Waals surface area contributed by atoms with Gasteiger partial charge in [-0.1, -0.05) is 0 Å². The Balaban J connectivity index is 1.95. The van der Waals surface area contributed by atoms with Crippen molar-refractivity contribution in [3.8, 4) is 22.6 Å². The van der Waals surface area contributed by atoms with E-state index in [1.807, 2.05) is 0 Å². The third kappa shape index (κ3) is 3.49. The van der Waals surface area contributed by atoms with Gasteiger partial charge in [-0.2, -0.15) is 0 Å². The smallest absolute Gasteiger partial charge is 0.207 e. The van der Waals surface area contributed by atoms with Gasteiger partial charge in [0.2, 0.25) is 9.84 Å². The number of sulfone groups is 1. The summed E-state index contributed by atoms with van der Waals surface area (Å²) >= 11 is 0. The molecular weight excluding hydrogens is 340 g/mol. The molecule has 0 amide bonds. The van der Waals surface area contributed by atoms with Crippen LogP contribution in [0.5, 0.6) is 11.5 Å². The zero-order valence-electron chi connectivity index (χ0n) is 13.9. The fourth-order valence-corrected chi connectivity index (χ4v) is 4.40. The van der Waals surface area contributed by atoms with Crippen LogP contribution in [0.1, 0.15) is 12.8 Å². The summed E-state index contributed by atoms with van der Waals surface area (Å²) in [6.07, 6.45) is 1.48. The predicted octanol–water partition coefficient (Wildman–Crippen LogP) is 1.96. The molecular formula is C18H22N2O4S. The van der Waals surface area contributed by atoms with E-state index in [1.165, 1.54) is 0 Å². The molecule has 0 spiro atoms. The minimum Gasteiger partial charge on any atom is -0.494 e. The molecule has 3 rings (SSSR count). The molecule has 0 radical (unpaired) electrons. The molecule has 134 valence electrons. The van der Waals surface area contributed by atoms with E-state index in [0.29, 0.717) is 58.7 Å². The van der Waals surface area contributed by atoms with Crippen molar-refractivity contribution in [2.75, 3.05) is 26.3 Å². The number of hydrogen-bond donors (Lipinski definition) is 2. The maximum atomic E-state index is 12.7. The summed E-state index contributed by atoms with van der Waals surface area (Å²) in [6, 6.07) is 10.1. The molecule has 1 heterocycles. The van der Waals surface area contributed by atoms with Crippen molar-refractivity contribution in [3.05, 3.63) is 36.4 Å². The van der Waals surface area contributed by atoms with E-state index in [4.69, 9.17) is 20.9 Å². The van der Waals surface area contributed by atoms with E-state index in [1.54, 1.807) is 36.4 Å². The lowest BCUT2D eigenvalue weighted by atomic mass is 10.1. The maximum absolute atomic E-state index is 12.7. The van der Waals surface area contributed by atoms with Gasteiger partial charge in [0.25, 0.3) is 0 Å². The molecule has 1 aliphatic heterocycles. The Morgan fingerprint density at radius 1 is 0.760 bits per heavy atom. The summed E-state index contributed by atoms with van der Waals surface area (Å²) < 4.78 is 36.7. The minimum atomic E-state index is -3.50. The molecule has 0 aliphatic carbocycles. The van der Waals surface area contributed by atoms with Gasteiger partial charge in [-0.25, -0.2) is 8.42 Å². The van der Waals surface area contributed by atoms with Gasteiger partial charge in [-0.05, 0) is 62.3 Å². The third-order valence-corrected chi connectivity index (χ3v) is 5.88. The second-order valence-corrected chi connectivity index (χ2v) is 7.69. The van der Waals surface area contributed by atoms with Crippen LogP contribution in [-0.2, 0) is 9.84 Å². The highest BCUT2D eigenvalue weighted by Crippen LogP contribution is 2.45. The van der Waals surface area contributed by atoms with E-state index in [-0.39, 0.29) is 0 Å². The average Bonchev–Trinajstić information content (AvgIpc) is 2.83. The number of ether oxygens (including phenoxy) is 2. The molecule has 2 aromatic carbocycles. The number of benzene rings is 2. The van der Waals surface area contributed by atoms with Gasteiger partial charge < -0.3 is 20.9 Å². The van der Waals surface area contributed by atoms with Crippen molar-refractivity contribution < 1.29 is 17.9 Å². The standard InChI is InChI=1S/C18H22N2O4S/c19-7-1-9-23-13-3-5-17-15(11-13)16-12-14(24-10-2-8-20)4-6-18(16)25(17,21)22/h3-6,11-12H,1-2,7-10,19-20H2. The summed E-state index contributed by atoms with van der Waals surface area (Å²) in [5.74, 6) is 1.26. The summed E-state index contributed by atoms with van der Waals surface area (Å²) in [4.78, 5) is 0.598. The quantitative estimate of drug-likeness (QED) is 0.594. The predicted molar refractivity (Wildman–Crippen MR) is 95.7 cm³/mol. The monoisotopic (exact) mass is 362 g/mol. The molecule has 0 atom stereocenters. The van der Waals surface area contributed by atoms with Gasteiger partial charge in [-0.15, -0.1) is 0 Å². The van der Waals surface area contributed by atoms with E-state index in [9.17, 15) is 8.42 Å². The molecule has 25 heavy (non-hydrogen) atoms. The number of nitrogens with two attached hydrogens (primary N) is 2. The van der Waals surface area contributed by atoms with Gasteiger partial charge in [0.15, 0.2) is 0 Å². The molecule has 0 bridgehead atoms. The van der Waals surface area contributed by atoms with Crippen LogP contribution in [0.4, 0.5) is 0 Å². The van der Waals surface area contributed by atoms with Crippen LogP contribution < -0.4 is 20.9 Å². The van der Waals surface area contributed by atoms with Crippen LogP contribution in [-0.4, -0.2) is 34.7 Å².